The molecule has 2 aromatic carbocycles. The van der Waals surface area contributed by atoms with Crippen molar-refractivity contribution < 1.29 is 10.1 Å². The SMILES string of the molecule is CCCc1c(Cn2nc(C)c(-c3ccc(C#N)c(C)c3)c2C)nnn1-c1ccc([N+](=O)O)cc1. The van der Waals surface area contributed by atoms with Gasteiger partial charge >= 0.3 is 5.69 Å². The largest absolute Gasteiger partial charge is 0.316 e. The van der Waals surface area contributed by atoms with E-state index in [-0.39, 0.29) is 10.6 Å². The minimum absolute atomic E-state index is 0.148. The van der Waals surface area contributed by atoms with E-state index >= 15 is 0 Å². The number of aryl methyl sites for hydroxylation is 2. The number of benzene rings is 2. The molecule has 0 spiro atoms. The van der Waals surface area contributed by atoms with Gasteiger partial charge in [0.25, 0.3) is 4.92 Å². The van der Waals surface area contributed by atoms with Crippen LogP contribution < -0.4 is 0 Å². The Labute approximate surface area is 197 Å². The summed E-state index contributed by atoms with van der Waals surface area (Å²) in [5, 5.41) is 31.9. The smallest absolute Gasteiger partial charge is 0.263 e. The van der Waals surface area contributed by atoms with Gasteiger partial charge in [-0.15, -0.1) is 5.10 Å². The lowest BCUT2D eigenvalue weighted by Gasteiger charge is -2.09. The Morgan fingerprint density at radius 1 is 1.12 bits per heavy atom. The van der Waals surface area contributed by atoms with E-state index in [1.807, 2.05) is 43.7 Å². The maximum absolute atomic E-state index is 11.1. The molecule has 0 aliphatic rings. The zero-order chi connectivity index (χ0) is 24.4. The van der Waals surface area contributed by atoms with Gasteiger partial charge in [0.15, 0.2) is 0 Å². The molecule has 0 saturated heterocycles. The van der Waals surface area contributed by atoms with Crippen molar-refractivity contribution in [1.29, 1.82) is 5.26 Å². The Hall–Kier alpha value is -4.32. The third-order valence-electron chi connectivity index (χ3n) is 5.96. The highest BCUT2D eigenvalue weighted by atomic mass is 16.6. The van der Waals surface area contributed by atoms with Crippen LogP contribution in [0.5, 0.6) is 0 Å². The zero-order valence-corrected chi connectivity index (χ0v) is 19.6. The van der Waals surface area contributed by atoms with Crippen molar-refractivity contribution >= 4 is 5.69 Å². The van der Waals surface area contributed by atoms with Crippen LogP contribution in [0.25, 0.3) is 16.8 Å². The van der Waals surface area contributed by atoms with Crippen molar-refractivity contribution in [3.05, 3.63) is 81.3 Å². The molecule has 9 nitrogen and oxygen atoms in total. The third-order valence-corrected chi connectivity index (χ3v) is 5.96. The molecule has 0 unspecified atom stereocenters. The summed E-state index contributed by atoms with van der Waals surface area (Å²) in [4.78, 5) is 10.9. The standard InChI is InChI=1S/C25H26N7O2/c1-5-6-24-23(27-29-31(24)21-9-11-22(12-10-21)32(33)34)15-30-18(4)25(17(3)28-30)19-7-8-20(14-26)16(2)13-19/h7-13H,5-6,15H2,1-4H3,(H,33,34)/q+1. The Morgan fingerprint density at radius 3 is 2.47 bits per heavy atom. The van der Waals surface area contributed by atoms with E-state index in [2.05, 4.69) is 23.3 Å². The molecule has 4 rings (SSSR count). The highest BCUT2D eigenvalue weighted by molar-refractivity contribution is 5.70. The van der Waals surface area contributed by atoms with Crippen molar-refractivity contribution in [2.24, 2.45) is 0 Å². The summed E-state index contributed by atoms with van der Waals surface area (Å²) in [6, 6.07) is 14.6. The summed E-state index contributed by atoms with van der Waals surface area (Å²) in [7, 11) is 0. The Kier molecular flexibility index (Phi) is 6.23. The van der Waals surface area contributed by atoms with Crippen molar-refractivity contribution in [2.75, 3.05) is 0 Å². The Bertz CT molecular complexity index is 1410. The maximum Gasteiger partial charge on any atom is 0.316 e. The topological polar surface area (TPSA) is 113 Å². The number of hydrogen-bond acceptors (Lipinski definition) is 5. The van der Waals surface area contributed by atoms with Crippen molar-refractivity contribution in [3.63, 3.8) is 0 Å². The number of nitrogens with zero attached hydrogens (tertiary/aromatic N) is 7. The first-order chi connectivity index (χ1) is 16.3. The van der Waals surface area contributed by atoms with Crippen LogP contribution >= 0.6 is 0 Å². The molecular formula is C25H26N7O2+. The quantitative estimate of drug-likeness (QED) is 0.402. The van der Waals surface area contributed by atoms with E-state index in [0.29, 0.717) is 12.1 Å². The van der Waals surface area contributed by atoms with Gasteiger partial charge in [0.1, 0.15) is 5.69 Å². The zero-order valence-electron chi connectivity index (χ0n) is 19.6. The molecule has 0 amide bonds. The first-order valence-electron chi connectivity index (χ1n) is 11.1. The van der Waals surface area contributed by atoms with Gasteiger partial charge in [-0.1, -0.05) is 24.6 Å². The van der Waals surface area contributed by atoms with Gasteiger partial charge in [0.2, 0.25) is 0 Å². The molecule has 0 fully saturated rings. The first-order valence-corrected chi connectivity index (χ1v) is 11.1. The molecule has 0 saturated carbocycles. The summed E-state index contributed by atoms with van der Waals surface area (Å²) in [5.41, 5.74) is 8.33. The van der Waals surface area contributed by atoms with Crippen LogP contribution in [0, 0.1) is 37.0 Å². The average Bonchev–Trinajstić information content (AvgIpc) is 3.34. The van der Waals surface area contributed by atoms with Crippen LogP contribution in [0.2, 0.25) is 0 Å². The fraction of sp³-hybridized carbons (Fsp3) is 0.280. The maximum atomic E-state index is 11.1. The second kappa shape index (κ2) is 9.27. The van der Waals surface area contributed by atoms with Crippen molar-refractivity contribution in [2.45, 2.75) is 47.1 Å². The Morgan fingerprint density at radius 2 is 1.85 bits per heavy atom. The third kappa shape index (κ3) is 4.18. The number of nitriles is 1. The van der Waals surface area contributed by atoms with Crippen molar-refractivity contribution in [1.82, 2.24) is 24.8 Å². The molecule has 0 radical (unpaired) electrons. The van der Waals surface area contributed by atoms with E-state index < -0.39 is 0 Å². The van der Waals surface area contributed by atoms with Crippen molar-refractivity contribution in [3.8, 4) is 22.9 Å². The normalized spacial score (nSPS) is 10.9. The van der Waals surface area contributed by atoms with Gasteiger partial charge < -0.3 is 0 Å². The molecule has 0 aliphatic carbocycles. The minimum atomic E-state index is -0.167. The molecule has 0 aliphatic heterocycles. The van der Waals surface area contributed by atoms with Crippen LogP contribution in [0.3, 0.4) is 0 Å². The lowest BCUT2D eigenvalue weighted by molar-refractivity contribution is -0.729. The molecule has 2 heterocycles. The molecule has 0 atom stereocenters. The van der Waals surface area contributed by atoms with E-state index in [1.54, 1.807) is 16.8 Å². The van der Waals surface area contributed by atoms with Gasteiger partial charge in [-0.25, -0.2) is 9.89 Å². The lowest BCUT2D eigenvalue weighted by atomic mass is 9.99. The molecule has 34 heavy (non-hydrogen) atoms. The summed E-state index contributed by atoms with van der Waals surface area (Å²) in [6.07, 6.45) is 1.69. The van der Waals surface area contributed by atoms with Gasteiger partial charge in [-0.2, -0.15) is 10.4 Å². The predicted molar refractivity (Wildman–Crippen MR) is 126 cm³/mol. The van der Waals surface area contributed by atoms with Gasteiger partial charge in [0, 0.05) is 23.4 Å². The fourth-order valence-corrected chi connectivity index (χ4v) is 4.23. The van der Waals surface area contributed by atoms with E-state index in [0.717, 1.165) is 58.0 Å². The van der Waals surface area contributed by atoms with Crippen LogP contribution in [0.4, 0.5) is 5.69 Å². The summed E-state index contributed by atoms with van der Waals surface area (Å²) in [6.45, 7) is 8.53. The van der Waals surface area contributed by atoms with Crippen LogP contribution in [0.1, 0.15) is 47.2 Å². The molecule has 4 aromatic rings. The number of hydrogen-bond donors (Lipinski definition) is 1. The van der Waals surface area contributed by atoms with Gasteiger partial charge in [-0.3, -0.25) is 4.68 Å². The highest BCUT2D eigenvalue weighted by Crippen LogP contribution is 2.29. The number of rotatable bonds is 7. The fourth-order valence-electron chi connectivity index (χ4n) is 4.23. The highest BCUT2D eigenvalue weighted by Gasteiger charge is 2.20. The van der Waals surface area contributed by atoms with E-state index in [4.69, 9.17) is 10.3 Å². The summed E-state index contributed by atoms with van der Waals surface area (Å²) in [5.74, 6) is 0. The lowest BCUT2D eigenvalue weighted by Crippen LogP contribution is -2.09. The van der Waals surface area contributed by atoms with E-state index in [1.165, 1.54) is 12.1 Å². The average molecular weight is 457 g/mol. The van der Waals surface area contributed by atoms with Crippen LogP contribution in [-0.2, 0) is 13.0 Å². The molecule has 9 heteroatoms. The Balaban J connectivity index is 1.70. The predicted octanol–water partition coefficient (Wildman–Crippen LogP) is 4.73. The second-order valence-electron chi connectivity index (χ2n) is 8.28. The number of aromatic nitrogens is 5. The second-order valence-corrected chi connectivity index (χ2v) is 8.28. The van der Waals surface area contributed by atoms with E-state index in [9.17, 15) is 10.2 Å². The monoisotopic (exact) mass is 456 g/mol. The molecular weight excluding hydrogens is 430 g/mol. The summed E-state index contributed by atoms with van der Waals surface area (Å²) >= 11 is 0. The summed E-state index contributed by atoms with van der Waals surface area (Å²) < 4.78 is 3.71. The van der Waals surface area contributed by atoms with Gasteiger partial charge in [-0.05, 0) is 62.6 Å². The van der Waals surface area contributed by atoms with Gasteiger partial charge in [0.05, 0.1) is 40.2 Å². The molecule has 172 valence electrons. The molecule has 0 bridgehead atoms. The van der Waals surface area contributed by atoms with Crippen LogP contribution in [0.15, 0.2) is 42.5 Å². The first kappa shape index (κ1) is 22.9. The van der Waals surface area contributed by atoms with Crippen LogP contribution in [-0.4, -0.2) is 34.9 Å². The molecule has 2 aromatic heterocycles. The minimum Gasteiger partial charge on any atom is -0.263 e. The molecule has 1 N–H and O–H groups in total.